The first-order valence-corrected chi connectivity index (χ1v) is 4.78. The third kappa shape index (κ3) is 2.75. The number of hydrogen-bond donors (Lipinski definition) is 0. The Balaban J connectivity index is 2.60. The summed E-state index contributed by atoms with van der Waals surface area (Å²) in [6.07, 6.45) is 3.19. The molecule has 0 aliphatic heterocycles. The van der Waals surface area contributed by atoms with Crippen LogP contribution in [-0.4, -0.2) is 24.0 Å². The predicted octanol–water partition coefficient (Wildman–Crippen LogP) is 2.01. The van der Waals surface area contributed by atoms with Gasteiger partial charge in [-0.25, -0.2) is 4.98 Å². The molecule has 0 fully saturated rings. The Morgan fingerprint density at radius 2 is 2.62 bits per heavy atom. The number of rotatable bonds is 5. The molecule has 0 saturated heterocycles. The standard InChI is InChI=1S/C9H11NO2S/c1-3-9-10-5-8(13-9)7(11)6-12-4-2/h3,5H,1,4,6H2,2H3. The zero-order valence-corrected chi connectivity index (χ0v) is 8.26. The zero-order chi connectivity index (χ0) is 9.68. The van der Waals surface area contributed by atoms with Crippen LogP contribution in [0.25, 0.3) is 6.08 Å². The fourth-order valence-electron chi connectivity index (χ4n) is 0.777. The van der Waals surface area contributed by atoms with Crippen molar-refractivity contribution in [1.82, 2.24) is 4.98 Å². The first-order valence-electron chi connectivity index (χ1n) is 3.97. The van der Waals surface area contributed by atoms with Gasteiger partial charge in [0.05, 0.1) is 4.88 Å². The van der Waals surface area contributed by atoms with Gasteiger partial charge in [-0.1, -0.05) is 6.58 Å². The summed E-state index contributed by atoms with van der Waals surface area (Å²) in [5, 5.41) is 0.764. The summed E-state index contributed by atoms with van der Waals surface area (Å²) in [6, 6.07) is 0. The summed E-state index contributed by atoms with van der Waals surface area (Å²) in [5.74, 6) is -0.0209. The van der Waals surface area contributed by atoms with Gasteiger partial charge in [-0.05, 0) is 13.0 Å². The van der Waals surface area contributed by atoms with Crippen LogP contribution in [0.4, 0.5) is 0 Å². The van der Waals surface area contributed by atoms with E-state index in [0.29, 0.717) is 11.5 Å². The lowest BCUT2D eigenvalue weighted by atomic mass is 10.4. The summed E-state index contributed by atoms with van der Waals surface area (Å²) in [7, 11) is 0. The van der Waals surface area contributed by atoms with Crippen molar-refractivity contribution in [2.24, 2.45) is 0 Å². The Morgan fingerprint density at radius 3 is 3.15 bits per heavy atom. The molecule has 0 bridgehead atoms. The number of nitrogens with zero attached hydrogens (tertiary/aromatic N) is 1. The van der Waals surface area contributed by atoms with Crippen LogP contribution in [0.2, 0.25) is 0 Å². The van der Waals surface area contributed by atoms with Crippen molar-refractivity contribution in [3.8, 4) is 0 Å². The van der Waals surface area contributed by atoms with Crippen LogP contribution in [-0.2, 0) is 4.74 Å². The van der Waals surface area contributed by atoms with E-state index in [0.717, 1.165) is 5.01 Å². The second-order valence-electron chi connectivity index (χ2n) is 2.33. The van der Waals surface area contributed by atoms with Crippen LogP contribution in [0.5, 0.6) is 0 Å². The van der Waals surface area contributed by atoms with Gasteiger partial charge in [-0.3, -0.25) is 4.79 Å². The van der Waals surface area contributed by atoms with Crippen LogP contribution in [0.15, 0.2) is 12.8 Å². The lowest BCUT2D eigenvalue weighted by Crippen LogP contribution is -2.06. The van der Waals surface area contributed by atoms with E-state index in [2.05, 4.69) is 11.6 Å². The van der Waals surface area contributed by atoms with E-state index in [1.165, 1.54) is 11.3 Å². The molecule has 1 aromatic heterocycles. The van der Waals surface area contributed by atoms with E-state index in [1.807, 2.05) is 6.92 Å². The Bertz CT molecular complexity index is 306. The maximum Gasteiger partial charge on any atom is 0.199 e. The van der Waals surface area contributed by atoms with E-state index < -0.39 is 0 Å². The number of ether oxygens (including phenoxy) is 1. The van der Waals surface area contributed by atoms with E-state index in [9.17, 15) is 4.79 Å². The molecule has 1 aromatic rings. The fraction of sp³-hybridized carbons (Fsp3) is 0.333. The molecule has 1 heterocycles. The lowest BCUT2D eigenvalue weighted by Gasteiger charge is -1.95. The minimum Gasteiger partial charge on any atom is -0.374 e. The Hall–Kier alpha value is -1.00. The molecule has 0 aliphatic carbocycles. The third-order valence-corrected chi connectivity index (χ3v) is 2.44. The van der Waals surface area contributed by atoms with Gasteiger partial charge < -0.3 is 4.74 Å². The van der Waals surface area contributed by atoms with Gasteiger partial charge in [0, 0.05) is 12.8 Å². The molecule has 0 atom stereocenters. The third-order valence-electron chi connectivity index (χ3n) is 1.41. The molecular formula is C9H11NO2S. The molecule has 0 spiro atoms. The van der Waals surface area contributed by atoms with Gasteiger partial charge in [-0.2, -0.15) is 0 Å². The van der Waals surface area contributed by atoms with Crippen molar-refractivity contribution in [1.29, 1.82) is 0 Å². The highest BCUT2D eigenvalue weighted by molar-refractivity contribution is 7.14. The minimum atomic E-state index is -0.0209. The maximum absolute atomic E-state index is 11.3. The van der Waals surface area contributed by atoms with Crippen LogP contribution in [0.1, 0.15) is 21.6 Å². The average Bonchev–Trinajstić information content (AvgIpc) is 2.62. The summed E-state index contributed by atoms with van der Waals surface area (Å²) in [6.45, 7) is 6.12. The van der Waals surface area contributed by atoms with E-state index in [1.54, 1.807) is 12.3 Å². The molecule has 3 nitrogen and oxygen atoms in total. The topological polar surface area (TPSA) is 39.2 Å². The highest BCUT2D eigenvalue weighted by Gasteiger charge is 2.08. The number of carbonyl (C=O) groups is 1. The number of thiazole rings is 1. The van der Waals surface area contributed by atoms with Gasteiger partial charge in [0.1, 0.15) is 11.6 Å². The SMILES string of the molecule is C=Cc1ncc(C(=O)COCC)s1. The number of ketones is 1. The van der Waals surface area contributed by atoms with Crippen molar-refractivity contribution in [2.45, 2.75) is 6.92 Å². The Labute approximate surface area is 81.1 Å². The molecule has 0 unspecified atom stereocenters. The number of hydrogen-bond acceptors (Lipinski definition) is 4. The largest absolute Gasteiger partial charge is 0.374 e. The van der Waals surface area contributed by atoms with Crippen molar-refractivity contribution in [2.75, 3.05) is 13.2 Å². The molecule has 0 aliphatic rings. The summed E-state index contributed by atoms with van der Waals surface area (Å²) in [4.78, 5) is 16.0. The molecular weight excluding hydrogens is 186 g/mol. The molecule has 0 N–H and O–H groups in total. The summed E-state index contributed by atoms with van der Waals surface area (Å²) < 4.78 is 5.00. The molecule has 13 heavy (non-hydrogen) atoms. The van der Waals surface area contributed by atoms with Gasteiger partial charge in [0.15, 0.2) is 5.78 Å². The van der Waals surface area contributed by atoms with Crippen molar-refractivity contribution in [3.63, 3.8) is 0 Å². The van der Waals surface area contributed by atoms with Crippen molar-refractivity contribution in [3.05, 3.63) is 22.7 Å². The highest BCUT2D eigenvalue weighted by Crippen LogP contribution is 2.14. The van der Waals surface area contributed by atoms with Crippen LogP contribution in [0.3, 0.4) is 0 Å². The predicted molar refractivity (Wildman–Crippen MR) is 53.0 cm³/mol. The smallest absolute Gasteiger partial charge is 0.199 e. The number of Topliss-reactive ketones (excluding diaryl/α,β-unsaturated/α-hetero) is 1. The van der Waals surface area contributed by atoms with E-state index in [4.69, 9.17) is 4.74 Å². The summed E-state index contributed by atoms with van der Waals surface area (Å²) >= 11 is 1.33. The first-order chi connectivity index (χ1) is 6.27. The van der Waals surface area contributed by atoms with Gasteiger partial charge >= 0.3 is 0 Å². The normalized spacial score (nSPS) is 9.92. The Kier molecular flexibility index (Phi) is 3.79. The van der Waals surface area contributed by atoms with E-state index in [-0.39, 0.29) is 12.4 Å². The fourth-order valence-corrected chi connectivity index (χ4v) is 1.47. The average molecular weight is 197 g/mol. The molecule has 1 rings (SSSR count). The van der Waals surface area contributed by atoms with Gasteiger partial charge in [-0.15, -0.1) is 11.3 Å². The van der Waals surface area contributed by atoms with Crippen molar-refractivity contribution < 1.29 is 9.53 Å². The van der Waals surface area contributed by atoms with E-state index >= 15 is 0 Å². The second-order valence-corrected chi connectivity index (χ2v) is 3.39. The van der Waals surface area contributed by atoms with Crippen LogP contribution in [0, 0.1) is 0 Å². The number of carbonyl (C=O) groups excluding carboxylic acids is 1. The van der Waals surface area contributed by atoms with Crippen LogP contribution < -0.4 is 0 Å². The monoisotopic (exact) mass is 197 g/mol. The molecule has 0 aromatic carbocycles. The van der Waals surface area contributed by atoms with Crippen molar-refractivity contribution >= 4 is 23.2 Å². The lowest BCUT2D eigenvalue weighted by molar-refractivity contribution is 0.0787. The molecule has 0 amide bonds. The zero-order valence-electron chi connectivity index (χ0n) is 7.45. The molecule has 0 radical (unpaired) electrons. The molecule has 70 valence electrons. The Morgan fingerprint density at radius 1 is 1.85 bits per heavy atom. The quantitative estimate of drug-likeness (QED) is 0.678. The first kappa shape index (κ1) is 10.1. The second kappa shape index (κ2) is 4.89. The van der Waals surface area contributed by atoms with Gasteiger partial charge in [0.25, 0.3) is 0 Å². The number of aromatic nitrogens is 1. The minimum absolute atomic E-state index is 0.0209. The summed E-state index contributed by atoms with van der Waals surface area (Å²) in [5.41, 5.74) is 0. The molecule has 0 saturated carbocycles. The van der Waals surface area contributed by atoms with Gasteiger partial charge in [0.2, 0.25) is 0 Å². The highest BCUT2D eigenvalue weighted by atomic mass is 32.1. The molecule has 4 heteroatoms. The van der Waals surface area contributed by atoms with Crippen LogP contribution >= 0.6 is 11.3 Å². The maximum atomic E-state index is 11.3.